The predicted octanol–water partition coefficient (Wildman–Crippen LogP) is 5.69. The van der Waals surface area contributed by atoms with E-state index in [-0.39, 0.29) is 18.4 Å². The smallest absolute Gasteiger partial charge is 0.262 e. The maximum absolute atomic E-state index is 13.5. The van der Waals surface area contributed by atoms with E-state index in [0.29, 0.717) is 34.4 Å². The molecule has 33 heavy (non-hydrogen) atoms. The minimum absolute atomic E-state index is 0.124. The molecule has 4 rings (SSSR count). The van der Waals surface area contributed by atoms with Crippen LogP contribution >= 0.6 is 11.3 Å². The minimum atomic E-state index is -0.293. The Kier molecular flexibility index (Phi) is 7.62. The van der Waals surface area contributed by atoms with E-state index in [1.165, 1.54) is 16.2 Å². The number of fused-ring (bicyclic) bond motifs is 1. The van der Waals surface area contributed by atoms with Gasteiger partial charge in [0.15, 0.2) is 6.61 Å². The molecule has 6 nitrogen and oxygen atoms in total. The van der Waals surface area contributed by atoms with Crippen molar-refractivity contribution in [2.75, 3.05) is 23.8 Å². The average Bonchev–Trinajstić information content (AvgIpc) is 3.00. The number of rotatable bonds is 8. The zero-order valence-electron chi connectivity index (χ0n) is 18.7. The summed E-state index contributed by atoms with van der Waals surface area (Å²) in [5.74, 6) is 0.719. The van der Waals surface area contributed by atoms with Gasteiger partial charge in [-0.2, -0.15) is 0 Å². The first-order valence-corrected chi connectivity index (χ1v) is 12.1. The van der Waals surface area contributed by atoms with Crippen molar-refractivity contribution in [3.63, 3.8) is 0 Å². The first-order chi connectivity index (χ1) is 16.2. The van der Waals surface area contributed by atoms with Crippen molar-refractivity contribution >= 4 is 33.8 Å². The van der Waals surface area contributed by atoms with Gasteiger partial charge in [-0.1, -0.05) is 36.8 Å². The molecule has 0 aliphatic heterocycles. The molecule has 0 atom stereocenters. The number of thiophene rings is 1. The summed E-state index contributed by atoms with van der Waals surface area (Å²) in [5.41, 5.74) is 2.21. The van der Waals surface area contributed by atoms with Crippen molar-refractivity contribution in [1.29, 1.82) is 0 Å². The van der Waals surface area contributed by atoms with Crippen LogP contribution in [0.5, 0.6) is 11.5 Å². The molecule has 0 radical (unpaired) electrons. The van der Waals surface area contributed by atoms with E-state index in [1.54, 1.807) is 12.1 Å². The van der Waals surface area contributed by atoms with Crippen LogP contribution in [0.3, 0.4) is 0 Å². The number of hydrogen-bond donors (Lipinski definition) is 2. The molecular formula is C26H28N2O4S. The van der Waals surface area contributed by atoms with Gasteiger partial charge in [-0.25, -0.2) is 0 Å². The summed E-state index contributed by atoms with van der Waals surface area (Å²) >= 11 is 1.50. The van der Waals surface area contributed by atoms with Gasteiger partial charge in [-0.15, -0.1) is 11.3 Å². The number of hydrogen-bond acceptors (Lipinski definition) is 5. The fourth-order valence-electron chi connectivity index (χ4n) is 3.94. The zero-order chi connectivity index (χ0) is 23.0. The first-order valence-electron chi connectivity index (χ1n) is 11.3. The second-order valence-electron chi connectivity index (χ2n) is 7.80. The number of para-hydroxylation sites is 3. The number of ether oxygens (including phenoxy) is 2. The topological polar surface area (TPSA) is 76.7 Å². The molecule has 0 saturated heterocycles. The van der Waals surface area contributed by atoms with E-state index >= 15 is 0 Å². The molecular weight excluding hydrogens is 436 g/mol. The highest BCUT2D eigenvalue weighted by Crippen LogP contribution is 2.38. The maximum atomic E-state index is 13.5. The minimum Gasteiger partial charge on any atom is -0.492 e. The lowest BCUT2D eigenvalue weighted by Gasteiger charge is -2.13. The Morgan fingerprint density at radius 2 is 1.67 bits per heavy atom. The van der Waals surface area contributed by atoms with Crippen LogP contribution in [0.4, 0.5) is 10.7 Å². The molecule has 2 aromatic carbocycles. The van der Waals surface area contributed by atoms with Crippen LogP contribution in [0.2, 0.25) is 0 Å². The van der Waals surface area contributed by atoms with E-state index in [4.69, 9.17) is 9.47 Å². The molecule has 2 N–H and O–H groups in total. The molecule has 0 saturated carbocycles. The lowest BCUT2D eigenvalue weighted by Crippen LogP contribution is -2.22. The van der Waals surface area contributed by atoms with Crippen LogP contribution in [-0.4, -0.2) is 25.0 Å². The average molecular weight is 465 g/mol. The third-order valence-electron chi connectivity index (χ3n) is 5.45. The second kappa shape index (κ2) is 11.0. The van der Waals surface area contributed by atoms with Crippen molar-refractivity contribution in [2.24, 2.45) is 0 Å². The van der Waals surface area contributed by atoms with Gasteiger partial charge >= 0.3 is 0 Å². The highest BCUT2D eigenvalue weighted by atomic mass is 32.1. The summed E-state index contributed by atoms with van der Waals surface area (Å²) in [4.78, 5) is 27.3. The Balaban J connectivity index is 1.56. The maximum Gasteiger partial charge on any atom is 0.262 e. The molecule has 1 aromatic heterocycles. The summed E-state index contributed by atoms with van der Waals surface area (Å²) in [6.07, 6.45) is 5.02. The van der Waals surface area contributed by atoms with Crippen molar-refractivity contribution in [3.8, 4) is 11.5 Å². The van der Waals surface area contributed by atoms with Crippen LogP contribution < -0.4 is 20.1 Å². The quantitative estimate of drug-likeness (QED) is 0.420. The molecule has 7 heteroatoms. The van der Waals surface area contributed by atoms with Gasteiger partial charge in [0.25, 0.3) is 11.8 Å². The second-order valence-corrected chi connectivity index (χ2v) is 8.91. The van der Waals surface area contributed by atoms with Crippen molar-refractivity contribution in [1.82, 2.24) is 0 Å². The van der Waals surface area contributed by atoms with E-state index in [9.17, 15) is 9.59 Å². The molecule has 0 spiro atoms. The van der Waals surface area contributed by atoms with Crippen LogP contribution in [0.15, 0.2) is 54.6 Å². The number of nitrogens with one attached hydrogen (secondary N) is 2. The van der Waals surface area contributed by atoms with Crippen molar-refractivity contribution in [2.45, 2.75) is 39.0 Å². The number of aryl methyl sites for hydroxylation is 1. The van der Waals surface area contributed by atoms with Crippen LogP contribution in [0.1, 0.15) is 47.0 Å². The summed E-state index contributed by atoms with van der Waals surface area (Å²) in [7, 11) is 0. The summed E-state index contributed by atoms with van der Waals surface area (Å²) in [6.45, 7) is 2.28. The third-order valence-corrected chi connectivity index (χ3v) is 6.66. The number of amides is 2. The van der Waals surface area contributed by atoms with E-state index in [2.05, 4.69) is 10.6 Å². The lowest BCUT2D eigenvalue weighted by molar-refractivity contribution is -0.118. The third kappa shape index (κ3) is 5.73. The van der Waals surface area contributed by atoms with Crippen molar-refractivity contribution in [3.05, 3.63) is 70.6 Å². The van der Waals surface area contributed by atoms with Gasteiger partial charge in [0.05, 0.1) is 17.9 Å². The fraction of sp³-hybridized carbons (Fsp3) is 0.308. The lowest BCUT2D eigenvalue weighted by atomic mass is 10.0. The molecule has 0 fully saturated rings. The molecule has 2 amide bonds. The van der Waals surface area contributed by atoms with E-state index < -0.39 is 0 Å². The number of benzene rings is 2. The van der Waals surface area contributed by atoms with Gasteiger partial charge in [0.2, 0.25) is 0 Å². The van der Waals surface area contributed by atoms with Gasteiger partial charge < -0.3 is 20.1 Å². The molecule has 0 unspecified atom stereocenters. The van der Waals surface area contributed by atoms with Crippen molar-refractivity contribution < 1.29 is 19.1 Å². The van der Waals surface area contributed by atoms with Crippen LogP contribution in [-0.2, 0) is 17.6 Å². The van der Waals surface area contributed by atoms with Gasteiger partial charge in [-0.3, -0.25) is 9.59 Å². The Hall–Kier alpha value is -3.32. The number of carbonyl (C=O) groups excluding carboxylic acids is 2. The molecule has 1 heterocycles. The monoisotopic (exact) mass is 464 g/mol. The van der Waals surface area contributed by atoms with E-state index in [1.807, 2.05) is 49.4 Å². The van der Waals surface area contributed by atoms with Crippen LogP contribution in [0, 0.1) is 0 Å². The molecule has 3 aromatic rings. The van der Waals surface area contributed by atoms with Crippen LogP contribution in [0.25, 0.3) is 0 Å². The SMILES string of the molecule is CCOc1ccccc1NC(=O)c1c(NC(=O)COc2ccccc2)sc2c1CCCCC2. The highest BCUT2D eigenvalue weighted by molar-refractivity contribution is 7.17. The Morgan fingerprint density at radius 1 is 0.909 bits per heavy atom. The Morgan fingerprint density at radius 3 is 2.48 bits per heavy atom. The van der Waals surface area contributed by atoms with Gasteiger partial charge in [0.1, 0.15) is 16.5 Å². The van der Waals surface area contributed by atoms with E-state index in [0.717, 1.165) is 37.7 Å². The highest BCUT2D eigenvalue weighted by Gasteiger charge is 2.26. The predicted molar refractivity (Wildman–Crippen MR) is 132 cm³/mol. The molecule has 1 aliphatic carbocycles. The number of carbonyl (C=O) groups is 2. The first kappa shape index (κ1) is 22.9. The number of anilines is 2. The zero-order valence-corrected chi connectivity index (χ0v) is 19.5. The summed E-state index contributed by atoms with van der Waals surface area (Å²) in [5, 5.41) is 6.51. The summed E-state index contributed by atoms with van der Waals surface area (Å²) in [6, 6.07) is 16.6. The van der Waals surface area contributed by atoms with Gasteiger partial charge in [0, 0.05) is 4.88 Å². The largest absolute Gasteiger partial charge is 0.492 e. The summed E-state index contributed by atoms with van der Waals surface area (Å²) < 4.78 is 11.2. The standard InChI is InChI=1S/C26H28N2O4S/c1-2-31-21-15-10-9-14-20(21)27-25(30)24-19-13-7-4-8-16-22(19)33-26(24)28-23(29)17-32-18-11-5-3-6-12-18/h3,5-6,9-12,14-15H,2,4,7-8,13,16-17H2,1H3,(H,27,30)(H,28,29). The van der Waals surface area contributed by atoms with Gasteiger partial charge in [-0.05, 0) is 62.4 Å². The molecule has 172 valence electrons. The Bertz CT molecular complexity index is 1110. The molecule has 0 bridgehead atoms. The fourth-order valence-corrected chi connectivity index (χ4v) is 5.24. The Labute approximate surface area is 197 Å². The molecule has 1 aliphatic rings. The normalized spacial score (nSPS) is 12.9.